The predicted molar refractivity (Wildman–Crippen MR) is 240 cm³/mol. The number of piperidine rings is 2. The molecule has 14 nitrogen and oxygen atoms in total. The third-order valence-electron chi connectivity index (χ3n) is 14.6. The zero-order chi connectivity index (χ0) is 44.2. The van der Waals surface area contributed by atoms with Crippen LogP contribution < -0.4 is 15.5 Å². The molecular weight excluding hydrogens is 817 g/mol. The summed E-state index contributed by atoms with van der Waals surface area (Å²) in [6.45, 7) is 12.1. The molecule has 2 aromatic carbocycles. The lowest BCUT2D eigenvalue weighted by Crippen LogP contribution is -2.53. The molecule has 2 saturated heterocycles. The van der Waals surface area contributed by atoms with Gasteiger partial charge in [0.1, 0.15) is 5.75 Å². The van der Waals surface area contributed by atoms with Crippen LogP contribution in [0.25, 0.3) is 21.7 Å². The number of hydrogen-bond acceptors (Lipinski definition) is 13. The lowest BCUT2D eigenvalue weighted by atomic mass is 9.68. The first-order valence-corrected chi connectivity index (χ1v) is 23.1. The second-order valence-corrected chi connectivity index (χ2v) is 19.3. The fourth-order valence-electron chi connectivity index (χ4n) is 10.5. The number of aromatic hydroxyl groups is 1. The SMILES string of the molecule is Cc1ncsc1-c1ccc(CNC(=O)[C@@H]2C[C@@H](O)CC2C(=O)[C@](C)(c2cc(N3CCC(C(=O)N4CCC5Nc6nnc(-c7ccccc7O)cc6C5[C@@H]4C)CC3)no2)C(C)C)cc1. The molecule has 3 fully saturated rings. The van der Waals surface area contributed by atoms with E-state index >= 15 is 0 Å². The van der Waals surface area contributed by atoms with Gasteiger partial charge < -0.3 is 35.2 Å². The van der Waals surface area contributed by atoms with E-state index < -0.39 is 23.4 Å². The number of phenolic OH excluding ortho intramolecular Hbond substituents is 1. The molecule has 0 radical (unpaired) electrons. The molecule has 1 saturated carbocycles. The second-order valence-electron chi connectivity index (χ2n) is 18.4. The van der Waals surface area contributed by atoms with Crippen LogP contribution in [0.2, 0.25) is 0 Å². The van der Waals surface area contributed by atoms with E-state index in [4.69, 9.17) is 4.52 Å². The van der Waals surface area contributed by atoms with Gasteiger partial charge in [-0.2, -0.15) is 0 Å². The normalized spacial score (nSPS) is 24.4. The van der Waals surface area contributed by atoms with E-state index in [2.05, 4.69) is 42.8 Å². The molecule has 3 aromatic heterocycles. The minimum atomic E-state index is -1.10. The highest BCUT2D eigenvalue weighted by Crippen LogP contribution is 2.46. The number of ketones is 1. The van der Waals surface area contributed by atoms with Crippen molar-refractivity contribution in [2.75, 3.05) is 29.9 Å². The van der Waals surface area contributed by atoms with E-state index in [1.54, 1.807) is 23.5 Å². The van der Waals surface area contributed by atoms with E-state index in [-0.39, 0.29) is 66.0 Å². The number of anilines is 2. The van der Waals surface area contributed by atoms with Crippen molar-refractivity contribution >= 4 is 40.6 Å². The Kier molecular flexibility index (Phi) is 11.6. The lowest BCUT2D eigenvalue weighted by molar-refractivity contribution is -0.140. The Morgan fingerprint density at radius 3 is 2.46 bits per heavy atom. The third kappa shape index (κ3) is 7.87. The molecule has 7 atom stereocenters. The maximum atomic E-state index is 14.7. The van der Waals surface area contributed by atoms with Gasteiger partial charge in [0.15, 0.2) is 23.2 Å². The number of thiazole rings is 1. The number of phenols is 1. The summed E-state index contributed by atoms with van der Waals surface area (Å²) in [5.41, 5.74) is 5.98. The number of nitrogens with one attached hydrogen (secondary N) is 2. The van der Waals surface area contributed by atoms with Gasteiger partial charge in [-0.25, -0.2) is 4.98 Å². The molecule has 0 spiro atoms. The Morgan fingerprint density at radius 1 is 1.00 bits per heavy atom. The highest BCUT2D eigenvalue weighted by molar-refractivity contribution is 7.13. The number of carbonyl (C=O) groups is 3. The summed E-state index contributed by atoms with van der Waals surface area (Å²) in [4.78, 5) is 52.2. The fraction of sp³-hybridized carbons (Fsp3) is 0.479. The minimum absolute atomic E-state index is 0.0455. The van der Waals surface area contributed by atoms with Crippen LogP contribution in [-0.4, -0.2) is 90.9 Å². The van der Waals surface area contributed by atoms with Gasteiger partial charge in [0.2, 0.25) is 11.8 Å². The number of aryl methyl sites for hydroxylation is 1. The molecular formula is C48H56N8O6S. The average molecular weight is 873 g/mol. The molecule has 15 heteroatoms. The van der Waals surface area contributed by atoms with Gasteiger partial charge in [0.25, 0.3) is 0 Å². The fourth-order valence-corrected chi connectivity index (χ4v) is 11.3. The summed E-state index contributed by atoms with van der Waals surface area (Å²) in [7, 11) is 0. The number of rotatable bonds is 11. The number of aromatic nitrogens is 4. The van der Waals surface area contributed by atoms with Crippen molar-refractivity contribution in [3.8, 4) is 27.4 Å². The summed E-state index contributed by atoms with van der Waals surface area (Å²) >= 11 is 1.59. The summed E-state index contributed by atoms with van der Waals surface area (Å²) in [6, 6.07) is 19.1. The van der Waals surface area contributed by atoms with Crippen LogP contribution >= 0.6 is 11.3 Å². The van der Waals surface area contributed by atoms with Gasteiger partial charge in [-0.05, 0) is 88.1 Å². The maximum Gasteiger partial charge on any atom is 0.226 e. The Hall–Kier alpha value is -5.67. The molecule has 0 bridgehead atoms. The zero-order valence-electron chi connectivity index (χ0n) is 36.5. The summed E-state index contributed by atoms with van der Waals surface area (Å²) < 4.78 is 6.01. The minimum Gasteiger partial charge on any atom is -0.507 e. The Labute approximate surface area is 371 Å². The van der Waals surface area contributed by atoms with E-state index in [1.807, 2.05) is 86.6 Å². The number of nitrogens with zero attached hydrogens (tertiary/aromatic N) is 6. The van der Waals surface area contributed by atoms with Crippen molar-refractivity contribution < 1.29 is 29.1 Å². The molecule has 2 amide bonds. The number of aliphatic hydroxyl groups is 1. The molecule has 3 unspecified atom stereocenters. The molecule has 63 heavy (non-hydrogen) atoms. The van der Waals surface area contributed by atoms with Gasteiger partial charge in [0.05, 0.1) is 39.2 Å². The van der Waals surface area contributed by atoms with Gasteiger partial charge in [-0.3, -0.25) is 14.4 Å². The van der Waals surface area contributed by atoms with Crippen molar-refractivity contribution in [1.29, 1.82) is 0 Å². The molecule has 9 rings (SSSR count). The van der Waals surface area contributed by atoms with Crippen LogP contribution in [0.15, 0.2) is 70.7 Å². The van der Waals surface area contributed by atoms with Crippen molar-refractivity contribution in [2.45, 2.75) is 103 Å². The summed E-state index contributed by atoms with van der Waals surface area (Å²) in [5.74, 6) is 0.0839. The molecule has 4 N–H and O–H groups in total. The van der Waals surface area contributed by atoms with Crippen LogP contribution in [0.1, 0.15) is 88.3 Å². The van der Waals surface area contributed by atoms with E-state index in [0.717, 1.165) is 39.5 Å². The maximum absolute atomic E-state index is 14.7. The van der Waals surface area contributed by atoms with E-state index in [9.17, 15) is 24.6 Å². The van der Waals surface area contributed by atoms with Crippen LogP contribution in [0.3, 0.4) is 0 Å². The molecule has 1 aliphatic carbocycles. The number of Topliss-reactive ketones (excluding diaryl/α,β-unsaturated/α-hetero) is 1. The molecule has 3 aliphatic heterocycles. The van der Waals surface area contributed by atoms with E-state index in [1.165, 1.54) is 0 Å². The number of likely N-dealkylation sites (tertiary alicyclic amines) is 1. The first-order chi connectivity index (χ1) is 30.3. The number of fused-ring (bicyclic) bond motifs is 3. The Bertz CT molecular complexity index is 2500. The quantitative estimate of drug-likeness (QED) is 0.108. The number of aliphatic hydroxyl groups excluding tert-OH is 1. The van der Waals surface area contributed by atoms with Crippen molar-refractivity contribution in [2.24, 2.45) is 23.7 Å². The topological polar surface area (TPSA) is 187 Å². The average Bonchev–Trinajstić information content (AvgIpc) is 4.11. The lowest BCUT2D eigenvalue weighted by Gasteiger charge is -2.43. The zero-order valence-corrected chi connectivity index (χ0v) is 37.3. The van der Waals surface area contributed by atoms with Crippen molar-refractivity contribution in [3.63, 3.8) is 0 Å². The number of para-hydroxylation sites is 1. The molecule has 4 aliphatic rings. The standard InChI is InChI=1S/C48H56N8O6S/c1-26(2)48(5,44(59)34-20-32(57)21-35(34)46(60)49-24-29-10-12-30(13-11-29)43-27(3)50-25-63-43)40-23-41(54-62-40)55-17-14-31(15-18-55)47(61)56-19-16-37-42(28(56)4)36-22-38(52-53-45(36)51-37)33-8-6-7-9-39(33)58/h6-13,22-23,25-26,28,31-32,34-35,37,42,57-58H,14-21,24H2,1-5H3,(H,49,60)(H,51,53)/t28-,32-,34?,35+,37?,42?,48-/m0/s1. The monoisotopic (exact) mass is 872 g/mol. The van der Waals surface area contributed by atoms with E-state index in [0.29, 0.717) is 61.9 Å². The highest BCUT2D eigenvalue weighted by atomic mass is 32.1. The molecule has 5 aromatic rings. The Morgan fingerprint density at radius 2 is 1.75 bits per heavy atom. The number of hydrogen-bond donors (Lipinski definition) is 4. The van der Waals surface area contributed by atoms with Crippen molar-refractivity contribution in [3.05, 3.63) is 88.8 Å². The number of benzene rings is 2. The first kappa shape index (κ1) is 42.6. The number of amides is 2. The Balaban J connectivity index is 0.829. The van der Waals surface area contributed by atoms with Crippen LogP contribution in [0.4, 0.5) is 11.6 Å². The third-order valence-corrected chi connectivity index (χ3v) is 15.6. The second kappa shape index (κ2) is 17.1. The molecule has 6 heterocycles. The van der Waals surface area contributed by atoms with Crippen molar-refractivity contribution in [1.82, 2.24) is 30.6 Å². The van der Waals surface area contributed by atoms with Crippen LogP contribution in [0.5, 0.6) is 5.75 Å². The van der Waals surface area contributed by atoms with Gasteiger partial charge in [0, 0.05) is 73.2 Å². The van der Waals surface area contributed by atoms with Gasteiger partial charge in [-0.15, -0.1) is 21.5 Å². The number of carbonyl (C=O) groups excluding carboxylic acids is 3. The summed E-state index contributed by atoms with van der Waals surface area (Å²) in [6.07, 6.45) is 1.77. The highest BCUT2D eigenvalue weighted by Gasteiger charge is 2.52. The van der Waals surface area contributed by atoms with Crippen LogP contribution in [0, 0.1) is 30.6 Å². The largest absolute Gasteiger partial charge is 0.507 e. The van der Waals surface area contributed by atoms with Gasteiger partial charge >= 0.3 is 0 Å². The van der Waals surface area contributed by atoms with Crippen LogP contribution in [-0.2, 0) is 26.3 Å². The summed E-state index contributed by atoms with van der Waals surface area (Å²) in [5, 5.41) is 41.2. The first-order valence-electron chi connectivity index (χ1n) is 22.3. The molecule has 330 valence electrons. The predicted octanol–water partition coefficient (Wildman–Crippen LogP) is 6.87. The smallest absolute Gasteiger partial charge is 0.226 e. The van der Waals surface area contributed by atoms with Gasteiger partial charge in [-0.1, -0.05) is 55.4 Å².